The molecule has 6 nitrogen and oxygen atoms in total. The van der Waals surface area contributed by atoms with Gasteiger partial charge in [0, 0.05) is 12.7 Å². The molecule has 1 aliphatic rings. The highest BCUT2D eigenvalue weighted by Gasteiger charge is 2.27. The third-order valence-electron chi connectivity index (χ3n) is 2.19. The minimum atomic E-state index is -3.88. The Hall–Kier alpha value is -0.600. The summed E-state index contributed by atoms with van der Waals surface area (Å²) in [5.74, 6) is -0.992. The lowest BCUT2D eigenvalue weighted by Gasteiger charge is -2.09. The average molecular weight is 281 g/mol. The van der Waals surface area contributed by atoms with Gasteiger partial charge < -0.3 is 9.50 Å². The summed E-state index contributed by atoms with van der Waals surface area (Å²) in [6, 6.07) is -0.523. The lowest BCUT2D eigenvalue weighted by atomic mass is 10.2. The molecular formula is C9H15NO5S2. The summed E-state index contributed by atoms with van der Waals surface area (Å²) < 4.78 is 27.2. The number of carbonyl (C=O) groups is 2. The summed E-state index contributed by atoms with van der Waals surface area (Å²) in [5.41, 5.74) is 0. The standard InChI is InChI=1S/C9H15NO5S2/c1-7(11)16-5-6-17(13,14)15-9(12)8-3-2-4-10-8/h8,10H,2-6H2,1H3/t8-/m0/s1. The highest BCUT2D eigenvalue weighted by molar-refractivity contribution is 8.14. The van der Waals surface area contributed by atoms with E-state index in [1.807, 2.05) is 0 Å². The summed E-state index contributed by atoms with van der Waals surface area (Å²) >= 11 is 0.892. The lowest BCUT2D eigenvalue weighted by Crippen LogP contribution is -2.34. The topological polar surface area (TPSA) is 89.5 Å². The maximum absolute atomic E-state index is 11.4. The second kappa shape index (κ2) is 6.36. The third-order valence-corrected chi connectivity index (χ3v) is 4.39. The molecule has 0 unspecified atom stereocenters. The first-order valence-electron chi connectivity index (χ1n) is 5.23. The van der Waals surface area contributed by atoms with E-state index in [2.05, 4.69) is 9.50 Å². The van der Waals surface area contributed by atoms with Crippen molar-refractivity contribution in [2.45, 2.75) is 25.8 Å². The number of carbonyl (C=O) groups excluding carboxylic acids is 2. The smallest absolute Gasteiger partial charge is 0.338 e. The Kier molecular flexibility index (Phi) is 5.41. The monoisotopic (exact) mass is 281 g/mol. The van der Waals surface area contributed by atoms with E-state index in [0.29, 0.717) is 13.0 Å². The van der Waals surface area contributed by atoms with Crippen LogP contribution in [0, 0.1) is 0 Å². The summed E-state index contributed by atoms with van der Waals surface area (Å²) in [5, 5.41) is 2.69. The summed E-state index contributed by atoms with van der Waals surface area (Å²) in [4.78, 5) is 22.0. The maximum Gasteiger partial charge on any atom is 0.338 e. The van der Waals surface area contributed by atoms with Gasteiger partial charge in [-0.3, -0.25) is 4.79 Å². The average Bonchev–Trinajstić information content (AvgIpc) is 2.68. The van der Waals surface area contributed by atoms with Gasteiger partial charge in [-0.1, -0.05) is 11.8 Å². The van der Waals surface area contributed by atoms with Crippen LogP contribution in [0.1, 0.15) is 19.8 Å². The largest absolute Gasteiger partial charge is 0.344 e. The molecule has 1 rings (SSSR count). The highest BCUT2D eigenvalue weighted by Crippen LogP contribution is 2.10. The summed E-state index contributed by atoms with van der Waals surface area (Å²) in [6.07, 6.45) is 1.43. The van der Waals surface area contributed by atoms with Gasteiger partial charge >= 0.3 is 16.1 Å². The molecule has 17 heavy (non-hydrogen) atoms. The Bertz CT molecular complexity index is 386. The van der Waals surface area contributed by atoms with Crippen molar-refractivity contribution < 1.29 is 22.2 Å². The van der Waals surface area contributed by atoms with Crippen molar-refractivity contribution in [2.75, 3.05) is 18.1 Å². The Morgan fingerprint density at radius 3 is 2.71 bits per heavy atom. The molecule has 8 heteroatoms. The minimum absolute atomic E-state index is 0.100. The normalized spacial score (nSPS) is 20.2. The van der Waals surface area contributed by atoms with E-state index < -0.39 is 22.1 Å². The quantitative estimate of drug-likeness (QED) is 0.703. The van der Waals surface area contributed by atoms with Crippen molar-refractivity contribution in [3.63, 3.8) is 0 Å². The zero-order valence-corrected chi connectivity index (χ0v) is 11.1. The van der Waals surface area contributed by atoms with Crippen molar-refractivity contribution in [1.29, 1.82) is 0 Å². The van der Waals surface area contributed by atoms with Crippen LogP contribution in [0.25, 0.3) is 0 Å². The maximum atomic E-state index is 11.4. The van der Waals surface area contributed by atoms with E-state index >= 15 is 0 Å². The molecule has 98 valence electrons. The van der Waals surface area contributed by atoms with Gasteiger partial charge in [-0.15, -0.1) is 0 Å². The summed E-state index contributed by atoms with van der Waals surface area (Å²) in [6.45, 7) is 2.05. The molecule has 0 aliphatic carbocycles. The van der Waals surface area contributed by atoms with Gasteiger partial charge in [0.25, 0.3) is 0 Å². The third kappa shape index (κ3) is 5.51. The van der Waals surface area contributed by atoms with E-state index in [4.69, 9.17) is 0 Å². The second-order valence-corrected chi connectivity index (χ2v) is 6.62. The van der Waals surface area contributed by atoms with Gasteiger partial charge in [-0.2, -0.15) is 8.42 Å². The fraction of sp³-hybridized carbons (Fsp3) is 0.778. The number of rotatable bonds is 5. The number of thioether (sulfide) groups is 1. The molecule has 1 saturated heterocycles. The molecule has 0 saturated carbocycles. The van der Waals surface area contributed by atoms with Gasteiger partial charge in [0.2, 0.25) is 0 Å². The van der Waals surface area contributed by atoms with E-state index in [9.17, 15) is 18.0 Å². The zero-order chi connectivity index (χ0) is 12.9. The number of nitrogens with one attached hydrogen (secondary N) is 1. The van der Waals surface area contributed by atoms with Gasteiger partial charge in [0.05, 0.1) is 5.75 Å². The molecular weight excluding hydrogens is 266 g/mol. The van der Waals surface area contributed by atoms with Crippen LogP contribution in [-0.4, -0.2) is 43.6 Å². The van der Waals surface area contributed by atoms with Crippen LogP contribution in [0.5, 0.6) is 0 Å². The first-order valence-corrected chi connectivity index (χ1v) is 7.80. The molecule has 0 amide bonds. The van der Waals surface area contributed by atoms with Crippen molar-refractivity contribution in [3.8, 4) is 0 Å². The van der Waals surface area contributed by atoms with E-state index in [-0.39, 0.29) is 16.6 Å². The molecule has 0 aromatic rings. The predicted octanol–water partition coefficient (Wildman–Crippen LogP) is -0.109. The van der Waals surface area contributed by atoms with Crippen molar-refractivity contribution >= 4 is 33.0 Å². The molecule has 1 fully saturated rings. The molecule has 1 heterocycles. The van der Waals surface area contributed by atoms with Crippen LogP contribution in [0.3, 0.4) is 0 Å². The van der Waals surface area contributed by atoms with E-state index in [1.54, 1.807) is 0 Å². The van der Waals surface area contributed by atoms with Crippen LogP contribution in [0.4, 0.5) is 0 Å². The predicted molar refractivity (Wildman–Crippen MR) is 64.0 cm³/mol. The molecule has 0 spiro atoms. The van der Waals surface area contributed by atoms with Crippen LogP contribution in [0.15, 0.2) is 0 Å². The van der Waals surface area contributed by atoms with Crippen LogP contribution < -0.4 is 5.32 Å². The van der Waals surface area contributed by atoms with Crippen LogP contribution in [0.2, 0.25) is 0 Å². The van der Waals surface area contributed by atoms with Gasteiger partial charge in [0.15, 0.2) is 5.12 Å². The Balaban J connectivity index is 2.37. The minimum Gasteiger partial charge on any atom is -0.344 e. The zero-order valence-electron chi connectivity index (χ0n) is 9.47. The number of hydrogen-bond acceptors (Lipinski definition) is 7. The first-order chi connectivity index (χ1) is 7.91. The fourth-order valence-corrected chi connectivity index (χ4v) is 3.29. The van der Waals surface area contributed by atoms with Gasteiger partial charge in [-0.25, -0.2) is 4.79 Å². The highest BCUT2D eigenvalue weighted by atomic mass is 32.2. The van der Waals surface area contributed by atoms with Crippen LogP contribution >= 0.6 is 11.8 Å². The van der Waals surface area contributed by atoms with Crippen molar-refractivity contribution in [3.05, 3.63) is 0 Å². The van der Waals surface area contributed by atoms with Gasteiger partial charge in [-0.05, 0) is 19.4 Å². The van der Waals surface area contributed by atoms with Crippen molar-refractivity contribution in [2.24, 2.45) is 0 Å². The molecule has 1 aliphatic heterocycles. The fourth-order valence-electron chi connectivity index (χ4n) is 1.40. The molecule has 0 aromatic heterocycles. The lowest BCUT2D eigenvalue weighted by molar-refractivity contribution is -0.135. The number of hydrogen-bond donors (Lipinski definition) is 1. The Morgan fingerprint density at radius 2 is 2.18 bits per heavy atom. The molecule has 1 N–H and O–H groups in total. The first kappa shape index (κ1) is 14.5. The molecule has 1 atom stereocenters. The Morgan fingerprint density at radius 1 is 1.47 bits per heavy atom. The second-order valence-electron chi connectivity index (χ2n) is 3.65. The van der Waals surface area contributed by atoms with E-state index in [0.717, 1.165) is 18.2 Å². The molecule has 0 bridgehead atoms. The SMILES string of the molecule is CC(=O)SCCS(=O)(=O)OC(=O)[C@@H]1CCCN1. The van der Waals surface area contributed by atoms with E-state index in [1.165, 1.54) is 6.92 Å². The Labute approximate surface area is 105 Å². The van der Waals surface area contributed by atoms with Crippen molar-refractivity contribution in [1.82, 2.24) is 5.32 Å². The van der Waals surface area contributed by atoms with Gasteiger partial charge in [0.1, 0.15) is 6.04 Å². The van der Waals surface area contributed by atoms with Crippen LogP contribution in [-0.2, 0) is 23.9 Å². The molecule has 0 radical (unpaired) electrons. The molecule has 0 aromatic carbocycles. The summed E-state index contributed by atoms with van der Waals surface area (Å²) in [7, 11) is -3.88.